The molecular weight excluding hydrogens is 253 g/mol. The summed E-state index contributed by atoms with van der Waals surface area (Å²) >= 11 is 0. The van der Waals surface area contributed by atoms with E-state index in [1.165, 1.54) is 11.6 Å². The van der Waals surface area contributed by atoms with Crippen molar-refractivity contribution in [1.82, 2.24) is 5.32 Å². The first-order valence-corrected chi connectivity index (χ1v) is 6.77. The molecule has 2 N–H and O–H groups in total. The van der Waals surface area contributed by atoms with E-state index in [9.17, 15) is 9.50 Å². The number of aliphatic hydroxyl groups excluding tert-OH is 1. The van der Waals surface area contributed by atoms with Gasteiger partial charge < -0.3 is 10.4 Å². The van der Waals surface area contributed by atoms with E-state index in [0.717, 1.165) is 11.1 Å². The maximum absolute atomic E-state index is 13.4. The molecule has 1 unspecified atom stereocenters. The van der Waals surface area contributed by atoms with E-state index in [1.54, 1.807) is 18.2 Å². The molecule has 0 saturated heterocycles. The Hall–Kier alpha value is -1.71. The molecule has 1 atom stereocenters. The summed E-state index contributed by atoms with van der Waals surface area (Å²) in [5.41, 5.74) is 3.78. The van der Waals surface area contributed by atoms with Gasteiger partial charge in [0.1, 0.15) is 5.82 Å². The SMILES string of the molecule is Cc1ccc(C(O)CNCc2ccccc2F)c(C)c1. The topological polar surface area (TPSA) is 32.3 Å². The Morgan fingerprint density at radius 3 is 2.60 bits per heavy atom. The molecule has 106 valence electrons. The molecule has 0 heterocycles. The van der Waals surface area contributed by atoms with Crippen LogP contribution in [0.25, 0.3) is 0 Å². The molecule has 0 saturated carbocycles. The molecule has 0 amide bonds. The van der Waals surface area contributed by atoms with E-state index in [1.807, 2.05) is 26.0 Å². The highest BCUT2D eigenvalue weighted by atomic mass is 19.1. The summed E-state index contributed by atoms with van der Waals surface area (Å²) in [6.07, 6.45) is -0.581. The first-order chi connectivity index (χ1) is 9.58. The van der Waals surface area contributed by atoms with Crippen LogP contribution in [-0.2, 0) is 6.54 Å². The Morgan fingerprint density at radius 1 is 1.15 bits per heavy atom. The number of benzene rings is 2. The average Bonchev–Trinajstić information content (AvgIpc) is 2.40. The maximum atomic E-state index is 13.4. The molecule has 2 rings (SSSR count). The fraction of sp³-hybridized carbons (Fsp3) is 0.294. The van der Waals surface area contributed by atoms with Crippen LogP contribution in [0.5, 0.6) is 0 Å². The standard InChI is InChI=1S/C17H20FNO/c1-12-7-8-15(13(2)9-12)17(20)11-19-10-14-5-3-4-6-16(14)18/h3-9,17,19-20H,10-11H2,1-2H3. The summed E-state index contributed by atoms with van der Waals surface area (Å²) in [4.78, 5) is 0. The molecule has 3 heteroatoms. The van der Waals surface area contributed by atoms with Crippen LogP contribution in [0.1, 0.15) is 28.4 Å². The molecule has 0 fully saturated rings. The van der Waals surface area contributed by atoms with E-state index >= 15 is 0 Å². The number of hydrogen-bond acceptors (Lipinski definition) is 2. The van der Waals surface area contributed by atoms with Gasteiger partial charge in [0.05, 0.1) is 6.10 Å². The highest BCUT2D eigenvalue weighted by Crippen LogP contribution is 2.18. The second-order valence-electron chi connectivity index (χ2n) is 5.10. The van der Waals surface area contributed by atoms with Crippen LogP contribution >= 0.6 is 0 Å². The Labute approximate surface area is 119 Å². The van der Waals surface area contributed by atoms with Gasteiger partial charge >= 0.3 is 0 Å². The first kappa shape index (κ1) is 14.7. The molecule has 0 spiro atoms. The summed E-state index contributed by atoms with van der Waals surface area (Å²) in [5, 5.41) is 13.3. The third-order valence-electron chi connectivity index (χ3n) is 3.40. The van der Waals surface area contributed by atoms with E-state index in [4.69, 9.17) is 0 Å². The van der Waals surface area contributed by atoms with Gasteiger partial charge in [-0.1, -0.05) is 42.0 Å². The van der Waals surface area contributed by atoms with Gasteiger partial charge in [-0.25, -0.2) is 4.39 Å². The lowest BCUT2D eigenvalue weighted by molar-refractivity contribution is 0.173. The molecular formula is C17H20FNO. The molecule has 20 heavy (non-hydrogen) atoms. The molecule has 2 nitrogen and oxygen atoms in total. The smallest absolute Gasteiger partial charge is 0.127 e. The van der Waals surface area contributed by atoms with Crippen molar-refractivity contribution in [3.63, 3.8) is 0 Å². The van der Waals surface area contributed by atoms with Crippen LogP contribution in [-0.4, -0.2) is 11.7 Å². The molecule has 0 aliphatic rings. The number of hydrogen-bond donors (Lipinski definition) is 2. The lowest BCUT2D eigenvalue weighted by Gasteiger charge is -2.15. The monoisotopic (exact) mass is 273 g/mol. The first-order valence-electron chi connectivity index (χ1n) is 6.77. The van der Waals surface area contributed by atoms with Crippen molar-refractivity contribution in [2.24, 2.45) is 0 Å². The number of nitrogens with one attached hydrogen (secondary N) is 1. The van der Waals surface area contributed by atoms with Crippen molar-refractivity contribution < 1.29 is 9.50 Å². The minimum atomic E-state index is -0.581. The second-order valence-corrected chi connectivity index (χ2v) is 5.10. The van der Waals surface area contributed by atoms with E-state index in [-0.39, 0.29) is 5.82 Å². The normalized spacial score (nSPS) is 12.4. The van der Waals surface area contributed by atoms with E-state index in [2.05, 4.69) is 11.4 Å². The number of rotatable bonds is 5. The van der Waals surface area contributed by atoms with Crippen molar-refractivity contribution in [1.29, 1.82) is 0 Å². The zero-order valence-electron chi connectivity index (χ0n) is 11.9. The van der Waals surface area contributed by atoms with Gasteiger partial charge in [0, 0.05) is 18.7 Å². The summed E-state index contributed by atoms with van der Waals surface area (Å²) in [6.45, 7) is 4.83. The second kappa shape index (κ2) is 6.64. The number of halogens is 1. The summed E-state index contributed by atoms with van der Waals surface area (Å²) in [6, 6.07) is 12.6. The van der Waals surface area contributed by atoms with Crippen molar-refractivity contribution >= 4 is 0 Å². The van der Waals surface area contributed by atoms with Crippen LogP contribution in [0.2, 0.25) is 0 Å². The van der Waals surface area contributed by atoms with Gasteiger partial charge in [-0.3, -0.25) is 0 Å². The van der Waals surface area contributed by atoms with Gasteiger partial charge in [0.25, 0.3) is 0 Å². The summed E-state index contributed by atoms with van der Waals surface area (Å²) in [7, 11) is 0. The third-order valence-corrected chi connectivity index (χ3v) is 3.40. The average molecular weight is 273 g/mol. The third kappa shape index (κ3) is 3.65. The predicted octanol–water partition coefficient (Wildman–Crippen LogP) is 3.27. The van der Waals surface area contributed by atoms with Crippen LogP contribution in [0.4, 0.5) is 4.39 Å². The molecule has 2 aromatic rings. The van der Waals surface area contributed by atoms with Crippen LogP contribution in [0.3, 0.4) is 0 Å². The highest BCUT2D eigenvalue weighted by Gasteiger charge is 2.10. The quantitative estimate of drug-likeness (QED) is 0.876. The zero-order valence-corrected chi connectivity index (χ0v) is 11.9. The van der Waals surface area contributed by atoms with Crippen molar-refractivity contribution in [2.75, 3.05) is 6.54 Å². The molecule has 0 bridgehead atoms. The zero-order chi connectivity index (χ0) is 14.5. The molecule has 0 aliphatic heterocycles. The maximum Gasteiger partial charge on any atom is 0.127 e. The van der Waals surface area contributed by atoms with Crippen LogP contribution < -0.4 is 5.32 Å². The minimum Gasteiger partial charge on any atom is -0.387 e. The van der Waals surface area contributed by atoms with Crippen molar-refractivity contribution in [3.8, 4) is 0 Å². The van der Waals surface area contributed by atoms with Gasteiger partial charge in [-0.05, 0) is 31.0 Å². The lowest BCUT2D eigenvalue weighted by atomic mass is 10.0. The fourth-order valence-electron chi connectivity index (χ4n) is 2.29. The van der Waals surface area contributed by atoms with E-state index in [0.29, 0.717) is 18.7 Å². The lowest BCUT2D eigenvalue weighted by Crippen LogP contribution is -2.22. The largest absolute Gasteiger partial charge is 0.387 e. The Kier molecular flexibility index (Phi) is 4.88. The van der Waals surface area contributed by atoms with E-state index < -0.39 is 6.10 Å². The van der Waals surface area contributed by atoms with Gasteiger partial charge in [-0.15, -0.1) is 0 Å². The van der Waals surface area contributed by atoms with Gasteiger partial charge in [-0.2, -0.15) is 0 Å². The van der Waals surface area contributed by atoms with Crippen LogP contribution in [0, 0.1) is 19.7 Å². The van der Waals surface area contributed by atoms with Gasteiger partial charge in [0.15, 0.2) is 0 Å². The van der Waals surface area contributed by atoms with Crippen molar-refractivity contribution in [2.45, 2.75) is 26.5 Å². The number of aryl methyl sites for hydroxylation is 2. The summed E-state index contributed by atoms with van der Waals surface area (Å²) < 4.78 is 13.4. The molecule has 0 aliphatic carbocycles. The molecule has 0 aromatic heterocycles. The predicted molar refractivity (Wildman–Crippen MR) is 79.0 cm³/mol. The Bertz CT molecular complexity index is 583. The fourth-order valence-corrected chi connectivity index (χ4v) is 2.29. The Balaban J connectivity index is 1.92. The summed E-state index contributed by atoms with van der Waals surface area (Å²) in [5.74, 6) is -0.221. The number of aliphatic hydroxyl groups is 1. The van der Waals surface area contributed by atoms with Gasteiger partial charge in [0.2, 0.25) is 0 Å². The molecule has 2 aromatic carbocycles. The molecule has 0 radical (unpaired) electrons. The van der Waals surface area contributed by atoms with Crippen molar-refractivity contribution in [3.05, 3.63) is 70.5 Å². The highest BCUT2D eigenvalue weighted by molar-refractivity contribution is 5.32. The minimum absolute atomic E-state index is 0.221. The van der Waals surface area contributed by atoms with Crippen LogP contribution in [0.15, 0.2) is 42.5 Å². The Morgan fingerprint density at radius 2 is 1.90 bits per heavy atom.